The van der Waals surface area contributed by atoms with Crippen LogP contribution in [0.5, 0.6) is 0 Å². The predicted molar refractivity (Wildman–Crippen MR) is 113 cm³/mol. The normalized spacial score (nSPS) is 17.5. The fourth-order valence-electron chi connectivity index (χ4n) is 2.68. The first kappa shape index (κ1) is 33.2. The van der Waals surface area contributed by atoms with Gasteiger partial charge in [-0.2, -0.15) is 0 Å². The van der Waals surface area contributed by atoms with E-state index in [1.807, 2.05) is 0 Å². The van der Waals surface area contributed by atoms with Crippen LogP contribution in [-0.4, -0.2) is 118 Å². The summed E-state index contributed by atoms with van der Waals surface area (Å²) in [6, 6.07) is 0. The number of hydrogen-bond acceptors (Lipinski definition) is 12. The summed E-state index contributed by atoms with van der Waals surface area (Å²) in [6.45, 7) is -1.37. The van der Waals surface area contributed by atoms with Crippen molar-refractivity contribution in [3.8, 4) is 0 Å². The van der Waals surface area contributed by atoms with E-state index >= 15 is 0 Å². The molecule has 200 valence electrons. The molecule has 0 saturated heterocycles. The third kappa shape index (κ3) is 18.2. The second-order valence-electron chi connectivity index (χ2n) is 7.82. The summed E-state index contributed by atoms with van der Waals surface area (Å²) < 4.78 is 23.0. The van der Waals surface area contributed by atoms with E-state index in [0.717, 1.165) is 0 Å². The van der Waals surface area contributed by atoms with Crippen molar-refractivity contribution in [1.82, 2.24) is 0 Å². The van der Waals surface area contributed by atoms with Gasteiger partial charge in [0.25, 0.3) is 0 Å². The Labute approximate surface area is 200 Å². The molecule has 0 rings (SSSR count). The summed E-state index contributed by atoms with van der Waals surface area (Å²) in [7, 11) is 0. The molecule has 4 atom stereocenters. The summed E-state index contributed by atoms with van der Waals surface area (Å²) in [6.07, 6.45) is -1.35. The van der Waals surface area contributed by atoms with Gasteiger partial charge in [0, 0.05) is 0 Å². The van der Waals surface area contributed by atoms with Crippen LogP contribution in [0.3, 0.4) is 0 Å². The molecular formula is C20H44O12Ti. The Morgan fingerprint density at radius 1 is 0.424 bits per heavy atom. The predicted octanol–water partition coefficient (Wildman–Crippen LogP) is -1.60. The van der Waals surface area contributed by atoms with Crippen molar-refractivity contribution in [2.24, 2.45) is 0 Å². The van der Waals surface area contributed by atoms with Crippen molar-refractivity contribution >= 4 is 0 Å². The molecule has 0 radical (unpaired) electrons. The van der Waals surface area contributed by atoms with Gasteiger partial charge in [0.2, 0.25) is 0 Å². The zero-order valence-electron chi connectivity index (χ0n) is 19.3. The summed E-state index contributed by atoms with van der Waals surface area (Å²) in [5.41, 5.74) is 0. The molecule has 33 heavy (non-hydrogen) atoms. The van der Waals surface area contributed by atoms with Crippen LogP contribution in [0.2, 0.25) is 0 Å². The molecule has 0 fully saturated rings. The molecule has 0 amide bonds. The summed E-state index contributed by atoms with van der Waals surface area (Å²) in [5.74, 6) is 0. The number of hydrogen-bond donors (Lipinski definition) is 8. The molecule has 0 aromatic rings. The van der Waals surface area contributed by atoms with Gasteiger partial charge in [-0.05, 0) is 0 Å². The first-order valence-corrected chi connectivity index (χ1v) is 14.1. The maximum absolute atomic E-state index is 10.1. The molecule has 0 aliphatic rings. The van der Waals surface area contributed by atoms with Crippen LogP contribution >= 0.6 is 0 Å². The monoisotopic (exact) mass is 524 g/mol. The quantitative estimate of drug-likeness (QED) is 0.0674. The Hall–Kier alpha value is 0.234. The molecule has 12 nitrogen and oxygen atoms in total. The SMILES string of the molecule is OCCCC(O)C[O][Ti]([O]CC(O)CCCO)([O]CC(O)CCCO)[O]CC(O)CCCO. The minimum atomic E-state index is -4.73. The van der Waals surface area contributed by atoms with E-state index < -0.39 is 42.6 Å². The van der Waals surface area contributed by atoms with Gasteiger partial charge in [0.05, 0.1) is 0 Å². The molecule has 0 bridgehead atoms. The molecule has 0 heterocycles. The summed E-state index contributed by atoms with van der Waals surface area (Å²) in [5, 5.41) is 76.2. The van der Waals surface area contributed by atoms with Crippen LogP contribution in [0.25, 0.3) is 0 Å². The first-order chi connectivity index (χ1) is 15.8. The molecule has 4 unspecified atom stereocenters. The Bertz CT molecular complexity index is 356. The molecule has 13 heteroatoms. The van der Waals surface area contributed by atoms with Crippen LogP contribution in [0, 0.1) is 0 Å². The maximum atomic E-state index is 10.1. The van der Waals surface area contributed by atoms with Crippen LogP contribution in [0.1, 0.15) is 51.4 Å². The van der Waals surface area contributed by atoms with Gasteiger partial charge in [-0.3, -0.25) is 0 Å². The number of aliphatic hydroxyl groups excluding tert-OH is 8. The van der Waals surface area contributed by atoms with Gasteiger partial charge in [-0.25, -0.2) is 0 Å². The van der Waals surface area contributed by atoms with Gasteiger partial charge >= 0.3 is 201 Å². The Morgan fingerprint density at radius 2 is 0.636 bits per heavy atom. The number of rotatable bonds is 24. The molecule has 0 aromatic heterocycles. The average molecular weight is 524 g/mol. The Kier molecular flexibility index (Phi) is 21.7. The molecular weight excluding hydrogens is 480 g/mol. The van der Waals surface area contributed by atoms with Crippen LogP contribution in [0.4, 0.5) is 0 Å². The molecule has 0 saturated carbocycles. The van der Waals surface area contributed by atoms with E-state index in [9.17, 15) is 20.4 Å². The standard InChI is InChI=1S/4C5H11O3.Ti/c4*6-3-1-2-5(8)4-7;/h4*5-6,8H,1-4H2;/q4*-1;+4. The summed E-state index contributed by atoms with van der Waals surface area (Å²) in [4.78, 5) is 0. The zero-order chi connectivity index (χ0) is 25.0. The van der Waals surface area contributed by atoms with E-state index in [1.165, 1.54) is 0 Å². The Morgan fingerprint density at radius 3 is 0.818 bits per heavy atom. The van der Waals surface area contributed by atoms with Crippen molar-refractivity contribution in [3.63, 3.8) is 0 Å². The third-order valence-electron chi connectivity index (χ3n) is 4.59. The van der Waals surface area contributed by atoms with Gasteiger partial charge in [-0.1, -0.05) is 0 Å². The van der Waals surface area contributed by atoms with Gasteiger partial charge in [0.15, 0.2) is 0 Å². The van der Waals surface area contributed by atoms with E-state index in [1.54, 1.807) is 0 Å². The molecule has 0 spiro atoms. The fourth-order valence-corrected chi connectivity index (χ4v) is 5.94. The molecule has 0 aliphatic carbocycles. The van der Waals surface area contributed by atoms with Gasteiger partial charge < -0.3 is 0 Å². The number of aliphatic hydroxyl groups is 8. The second-order valence-corrected chi connectivity index (χ2v) is 11.2. The first-order valence-electron chi connectivity index (χ1n) is 11.5. The van der Waals surface area contributed by atoms with Gasteiger partial charge in [0.1, 0.15) is 0 Å². The van der Waals surface area contributed by atoms with E-state index in [4.69, 9.17) is 33.7 Å². The van der Waals surface area contributed by atoms with Crippen LogP contribution < -0.4 is 0 Å². The van der Waals surface area contributed by atoms with Crippen molar-refractivity contribution < 1.29 is 72.3 Å². The zero-order valence-corrected chi connectivity index (χ0v) is 20.9. The van der Waals surface area contributed by atoms with Crippen molar-refractivity contribution in [2.75, 3.05) is 52.9 Å². The molecule has 0 aromatic carbocycles. The Balaban J connectivity index is 5.33. The minimum absolute atomic E-state index is 0.0989. The van der Waals surface area contributed by atoms with Crippen LogP contribution in [-0.2, 0) is 31.4 Å². The van der Waals surface area contributed by atoms with E-state index in [2.05, 4.69) is 0 Å². The second kappa shape index (κ2) is 21.5. The van der Waals surface area contributed by atoms with E-state index in [-0.39, 0.29) is 78.5 Å². The van der Waals surface area contributed by atoms with Crippen molar-refractivity contribution in [3.05, 3.63) is 0 Å². The summed E-state index contributed by atoms with van der Waals surface area (Å²) >= 11 is -4.73. The topological polar surface area (TPSA) is 199 Å². The van der Waals surface area contributed by atoms with Gasteiger partial charge in [-0.15, -0.1) is 0 Å². The molecule has 8 N–H and O–H groups in total. The van der Waals surface area contributed by atoms with Crippen LogP contribution in [0.15, 0.2) is 0 Å². The van der Waals surface area contributed by atoms with Crippen molar-refractivity contribution in [2.45, 2.75) is 75.8 Å². The van der Waals surface area contributed by atoms with Crippen molar-refractivity contribution in [1.29, 1.82) is 0 Å². The van der Waals surface area contributed by atoms with E-state index in [0.29, 0.717) is 25.7 Å². The molecule has 0 aliphatic heterocycles. The average Bonchev–Trinajstić information content (AvgIpc) is 2.82. The third-order valence-corrected chi connectivity index (χ3v) is 7.84. The fraction of sp³-hybridized carbons (Fsp3) is 1.00.